The van der Waals surface area contributed by atoms with Crippen LogP contribution in [0.1, 0.15) is 21.5 Å². The molecule has 1 amide bonds. The molecular weight excluding hydrogens is 402 g/mol. The minimum atomic E-state index is -0.0835. The summed E-state index contributed by atoms with van der Waals surface area (Å²) in [5, 5.41) is 5.25. The standard InChI is InChI=1S/C27H25NO2S/c1-20-6-14-26(15-7-20)31-19-21-8-10-23(11-9-21)27(29)28-16-17-30-25-13-12-22-4-2-3-5-24(22)18-25/h2-15,18H,16-17,19H2,1H3,(H,28,29). The molecule has 0 aliphatic rings. The lowest BCUT2D eigenvalue weighted by Crippen LogP contribution is -2.28. The summed E-state index contributed by atoms with van der Waals surface area (Å²) in [5.74, 6) is 1.60. The topological polar surface area (TPSA) is 38.3 Å². The lowest BCUT2D eigenvalue weighted by atomic mass is 10.1. The van der Waals surface area contributed by atoms with E-state index < -0.39 is 0 Å². The van der Waals surface area contributed by atoms with Crippen LogP contribution in [0, 0.1) is 6.92 Å². The molecule has 1 N–H and O–H groups in total. The van der Waals surface area contributed by atoms with Crippen molar-refractivity contribution in [2.45, 2.75) is 17.6 Å². The molecule has 0 spiro atoms. The number of carbonyl (C=O) groups excluding carboxylic acids is 1. The van der Waals surface area contributed by atoms with Crippen LogP contribution in [0.4, 0.5) is 0 Å². The lowest BCUT2D eigenvalue weighted by Gasteiger charge is -2.09. The third kappa shape index (κ3) is 5.89. The number of carbonyl (C=O) groups is 1. The first-order valence-corrected chi connectivity index (χ1v) is 11.3. The van der Waals surface area contributed by atoms with E-state index in [0.29, 0.717) is 18.7 Å². The predicted molar refractivity (Wildman–Crippen MR) is 129 cm³/mol. The van der Waals surface area contributed by atoms with E-state index in [1.807, 2.05) is 54.6 Å². The Morgan fingerprint density at radius 1 is 0.871 bits per heavy atom. The van der Waals surface area contributed by atoms with Crippen LogP contribution in [0.3, 0.4) is 0 Å². The summed E-state index contributed by atoms with van der Waals surface area (Å²) in [6, 6.07) is 30.5. The van der Waals surface area contributed by atoms with Crippen LogP contribution in [0.15, 0.2) is 95.9 Å². The van der Waals surface area contributed by atoms with E-state index in [1.165, 1.54) is 21.4 Å². The number of aryl methyl sites for hydroxylation is 1. The Balaban J connectivity index is 1.22. The summed E-state index contributed by atoms with van der Waals surface area (Å²) in [5.41, 5.74) is 3.12. The van der Waals surface area contributed by atoms with Crippen molar-refractivity contribution in [2.24, 2.45) is 0 Å². The molecule has 0 unspecified atom stereocenters. The fraction of sp³-hybridized carbons (Fsp3) is 0.148. The highest BCUT2D eigenvalue weighted by Gasteiger charge is 2.06. The Morgan fingerprint density at radius 2 is 1.61 bits per heavy atom. The van der Waals surface area contributed by atoms with Crippen molar-refractivity contribution in [2.75, 3.05) is 13.2 Å². The number of hydrogen-bond acceptors (Lipinski definition) is 3. The second-order valence-electron chi connectivity index (χ2n) is 7.41. The van der Waals surface area contributed by atoms with Crippen molar-refractivity contribution in [1.82, 2.24) is 5.32 Å². The van der Waals surface area contributed by atoms with Gasteiger partial charge in [-0.1, -0.05) is 60.2 Å². The SMILES string of the molecule is Cc1ccc(SCc2ccc(C(=O)NCCOc3ccc4ccccc4c3)cc2)cc1. The van der Waals surface area contributed by atoms with Gasteiger partial charge in [0.1, 0.15) is 12.4 Å². The molecule has 0 aliphatic heterocycles. The van der Waals surface area contributed by atoms with Gasteiger partial charge in [0.25, 0.3) is 5.91 Å². The van der Waals surface area contributed by atoms with Gasteiger partial charge in [-0.25, -0.2) is 0 Å². The number of benzene rings is 4. The Hall–Kier alpha value is -3.24. The normalized spacial score (nSPS) is 10.7. The van der Waals surface area contributed by atoms with Gasteiger partial charge in [-0.3, -0.25) is 4.79 Å². The molecule has 4 rings (SSSR count). The Morgan fingerprint density at radius 3 is 2.39 bits per heavy atom. The fourth-order valence-electron chi connectivity index (χ4n) is 3.25. The number of hydrogen-bond donors (Lipinski definition) is 1. The first-order chi connectivity index (χ1) is 15.2. The quantitative estimate of drug-likeness (QED) is 0.267. The lowest BCUT2D eigenvalue weighted by molar-refractivity contribution is 0.0947. The molecule has 156 valence electrons. The van der Waals surface area contributed by atoms with Gasteiger partial charge < -0.3 is 10.1 Å². The zero-order valence-electron chi connectivity index (χ0n) is 17.5. The van der Waals surface area contributed by atoms with Gasteiger partial charge in [-0.15, -0.1) is 11.8 Å². The van der Waals surface area contributed by atoms with Gasteiger partial charge in [0, 0.05) is 16.2 Å². The van der Waals surface area contributed by atoms with Crippen LogP contribution >= 0.6 is 11.8 Å². The zero-order chi connectivity index (χ0) is 21.5. The number of fused-ring (bicyclic) bond motifs is 1. The summed E-state index contributed by atoms with van der Waals surface area (Å²) >= 11 is 1.79. The number of thioether (sulfide) groups is 1. The molecule has 0 aromatic heterocycles. The minimum Gasteiger partial charge on any atom is -0.492 e. The van der Waals surface area contributed by atoms with E-state index in [-0.39, 0.29) is 5.91 Å². The first-order valence-electron chi connectivity index (χ1n) is 10.4. The fourth-order valence-corrected chi connectivity index (χ4v) is 4.10. The van der Waals surface area contributed by atoms with E-state index in [1.54, 1.807) is 11.8 Å². The summed E-state index contributed by atoms with van der Waals surface area (Å²) in [4.78, 5) is 13.6. The maximum Gasteiger partial charge on any atom is 0.251 e. The number of ether oxygens (including phenoxy) is 1. The number of amides is 1. The van der Waals surface area contributed by atoms with Gasteiger partial charge in [0.2, 0.25) is 0 Å². The Kier molecular flexibility index (Phi) is 6.90. The van der Waals surface area contributed by atoms with Gasteiger partial charge in [-0.05, 0) is 59.7 Å². The highest BCUT2D eigenvalue weighted by Crippen LogP contribution is 2.23. The molecule has 0 aliphatic carbocycles. The summed E-state index contributed by atoms with van der Waals surface area (Å²) in [7, 11) is 0. The van der Waals surface area contributed by atoms with Gasteiger partial charge in [0.15, 0.2) is 0 Å². The van der Waals surface area contributed by atoms with Crippen molar-refractivity contribution in [3.63, 3.8) is 0 Å². The highest BCUT2D eigenvalue weighted by atomic mass is 32.2. The predicted octanol–water partition coefficient (Wildman–Crippen LogP) is 6.25. The summed E-state index contributed by atoms with van der Waals surface area (Å²) in [6.45, 7) is 2.97. The van der Waals surface area contributed by atoms with Gasteiger partial charge >= 0.3 is 0 Å². The largest absolute Gasteiger partial charge is 0.492 e. The molecule has 31 heavy (non-hydrogen) atoms. The van der Waals surface area contributed by atoms with Gasteiger partial charge in [0.05, 0.1) is 6.54 Å². The molecule has 0 atom stereocenters. The smallest absolute Gasteiger partial charge is 0.251 e. The average Bonchev–Trinajstić information content (AvgIpc) is 2.81. The van der Waals surface area contributed by atoms with Crippen molar-refractivity contribution in [1.29, 1.82) is 0 Å². The molecule has 3 nitrogen and oxygen atoms in total. The third-order valence-corrected chi connectivity index (χ3v) is 6.10. The monoisotopic (exact) mass is 427 g/mol. The Bertz CT molecular complexity index is 1150. The second kappa shape index (κ2) is 10.2. The number of nitrogens with one attached hydrogen (secondary N) is 1. The van der Waals surface area contributed by atoms with Gasteiger partial charge in [-0.2, -0.15) is 0 Å². The van der Waals surface area contributed by atoms with Crippen molar-refractivity contribution < 1.29 is 9.53 Å². The van der Waals surface area contributed by atoms with E-state index in [9.17, 15) is 4.79 Å². The van der Waals surface area contributed by atoms with Crippen LogP contribution in [-0.4, -0.2) is 19.1 Å². The minimum absolute atomic E-state index is 0.0835. The van der Waals surface area contributed by atoms with E-state index >= 15 is 0 Å². The highest BCUT2D eigenvalue weighted by molar-refractivity contribution is 7.98. The van der Waals surface area contributed by atoms with Crippen LogP contribution in [-0.2, 0) is 5.75 Å². The maximum absolute atomic E-state index is 12.4. The molecule has 4 heteroatoms. The average molecular weight is 428 g/mol. The molecule has 0 radical (unpaired) electrons. The molecule has 0 bridgehead atoms. The summed E-state index contributed by atoms with van der Waals surface area (Å²) in [6.07, 6.45) is 0. The molecule has 4 aromatic carbocycles. The number of rotatable bonds is 8. The molecule has 0 saturated heterocycles. The Labute approximate surface area is 187 Å². The van der Waals surface area contributed by atoms with E-state index in [0.717, 1.165) is 16.9 Å². The molecule has 0 heterocycles. The van der Waals surface area contributed by atoms with Crippen LogP contribution < -0.4 is 10.1 Å². The molecule has 0 saturated carbocycles. The van der Waals surface area contributed by atoms with Crippen LogP contribution in [0.2, 0.25) is 0 Å². The van der Waals surface area contributed by atoms with Crippen molar-refractivity contribution in [3.05, 3.63) is 108 Å². The summed E-state index contributed by atoms with van der Waals surface area (Å²) < 4.78 is 5.78. The van der Waals surface area contributed by atoms with E-state index in [4.69, 9.17) is 4.74 Å². The zero-order valence-corrected chi connectivity index (χ0v) is 18.3. The van der Waals surface area contributed by atoms with Crippen LogP contribution in [0.25, 0.3) is 10.8 Å². The van der Waals surface area contributed by atoms with Crippen LogP contribution in [0.5, 0.6) is 5.75 Å². The second-order valence-corrected chi connectivity index (χ2v) is 8.46. The molecule has 0 fully saturated rings. The first kappa shape index (κ1) is 21.0. The molecular formula is C27H25NO2S. The third-order valence-electron chi connectivity index (χ3n) is 5.02. The van der Waals surface area contributed by atoms with Crippen molar-refractivity contribution >= 4 is 28.4 Å². The maximum atomic E-state index is 12.4. The van der Waals surface area contributed by atoms with E-state index in [2.05, 4.69) is 48.6 Å². The molecule has 4 aromatic rings. The van der Waals surface area contributed by atoms with Crippen molar-refractivity contribution in [3.8, 4) is 5.75 Å².